The topological polar surface area (TPSA) is 43.4 Å². The predicted octanol–water partition coefficient (Wildman–Crippen LogP) is 4.12. The molecule has 0 spiro atoms. The summed E-state index contributed by atoms with van der Waals surface area (Å²) >= 11 is 3.42. The number of hydrogen-bond acceptors (Lipinski definition) is 3. The van der Waals surface area contributed by atoms with Gasteiger partial charge in [0.05, 0.1) is 0 Å². The van der Waals surface area contributed by atoms with Gasteiger partial charge < -0.3 is 4.74 Å². The minimum Gasteiger partial charge on any atom is -0.455 e. The van der Waals surface area contributed by atoms with Crippen LogP contribution in [0, 0.1) is 0 Å². The number of para-hydroxylation sites is 1. The van der Waals surface area contributed by atoms with Crippen LogP contribution in [0.4, 0.5) is 0 Å². The van der Waals surface area contributed by atoms with Gasteiger partial charge in [-0.15, -0.1) is 0 Å². The molecule has 0 fully saturated rings. The highest BCUT2D eigenvalue weighted by Crippen LogP contribution is 2.43. The van der Waals surface area contributed by atoms with Gasteiger partial charge in [-0.25, -0.2) is 8.42 Å². The SMILES string of the molecule is CC(CBr)c1ccc2c(c1)S(=O)(=O)c1ccccc1O2. The normalized spacial score (nSPS) is 16.7. The Bertz CT molecular complexity index is 768. The fourth-order valence-electron chi connectivity index (χ4n) is 2.21. The van der Waals surface area contributed by atoms with Crippen molar-refractivity contribution in [2.24, 2.45) is 0 Å². The van der Waals surface area contributed by atoms with E-state index in [2.05, 4.69) is 15.9 Å². The van der Waals surface area contributed by atoms with Gasteiger partial charge in [0.1, 0.15) is 21.3 Å². The van der Waals surface area contributed by atoms with Gasteiger partial charge in [0, 0.05) is 5.33 Å². The summed E-state index contributed by atoms with van der Waals surface area (Å²) in [5.74, 6) is 1.03. The van der Waals surface area contributed by atoms with Gasteiger partial charge in [0.25, 0.3) is 0 Å². The number of rotatable bonds is 2. The maximum Gasteiger partial charge on any atom is 0.213 e. The summed E-state index contributed by atoms with van der Waals surface area (Å²) in [4.78, 5) is 0.484. The number of halogens is 1. The number of fused-ring (bicyclic) bond motifs is 2. The third kappa shape index (κ3) is 2.05. The minimum atomic E-state index is -3.51. The molecule has 1 aliphatic rings. The van der Waals surface area contributed by atoms with Gasteiger partial charge >= 0.3 is 0 Å². The van der Waals surface area contributed by atoms with E-state index in [1.807, 2.05) is 13.0 Å². The first-order valence-corrected chi connectivity index (χ1v) is 8.86. The first-order chi connectivity index (χ1) is 9.54. The van der Waals surface area contributed by atoms with E-state index in [9.17, 15) is 8.42 Å². The zero-order valence-corrected chi connectivity index (χ0v) is 13.2. The van der Waals surface area contributed by atoms with Crippen molar-refractivity contribution in [2.45, 2.75) is 22.6 Å². The van der Waals surface area contributed by atoms with Crippen molar-refractivity contribution in [3.05, 3.63) is 48.0 Å². The van der Waals surface area contributed by atoms with Crippen LogP contribution >= 0.6 is 15.9 Å². The second kappa shape index (κ2) is 4.90. The number of alkyl halides is 1. The van der Waals surface area contributed by atoms with E-state index in [1.165, 1.54) is 0 Å². The monoisotopic (exact) mass is 352 g/mol. The molecule has 5 heteroatoms. The summed E-state index contributed by atoms with van der Waals surface area (Å²) in [5, 5.41) is 0.781. The number of hydrogen-bond donors (Lipinski definition) is 0. The molecule has 104 valence electrons. The summed E-state index contributed by atoms with van der Waals surface area (Å²) in [7, 11) is -3.51. The van der Waals surface area contributed by atoms with Crippen LogP contribution in [-0.4, -0.2) is 13.7 Å². The Morgan fingerprint density at radius 3 is 2.55 bits per heavy atom. The largest absolute Gasteiger partial charge is 0.455 e. The second-order valence-electron chi connectivity index (χ2n) is 4.81. The Labute approximate surface area is 126 Å². The van der Waals surface area contributed by atoms with Crippen LogP contribution in [0.25, 0.3) is 0 Å². The Morgan fingerprint density at radius 1 is 1.10 bits per heavy atom. The molecule has 20 heavy (non-hydrogen) atoms. The quantitative estimate of drug-likeness (QED) is 0.651. The van der Waals surface area contributed by atoms with Crippen molar-refractivity contribution in [3.63, 3.8) is 0 Å². The van der Waals surface area contributed by atoms with Crippen molar-refractivity contribution < 1.29 is 13.2 Å². The van der Waals surface area contributed by atoms with Gasteiger partial charge in [-0.1, -0.05) is 41.1 Å². The van der Waals surface area contributed by atoms with Gasteiger partial charge in [-0.3, -0.25) is 0 Å². The van der Waals surface area contributed by atoms with E-state index in [1.54, 1.807) is 36.4 Å². The Morgan fingerprint density at radius 2 is 1.80 bits per heavy atom. The molecule has 0 N–H and O–H groups in total. The average molecular weight is 353 g/mol. The van der Waals surface area contributed by atoms with Crippen LogP contribution in [-0.2, 0) is 9.84 Å². The first kappa shape index (κ1) is 13.6. The Hall–Kier alpha value is -1.33. The standard InChI is InChI=1S/C15H13BrO3S/c1-10(9-16)11-6-7-13-15(8-11)20(17,18)14-5-3-2-4-12(14)19-13/h2-8,10H,9H2,1H3. The maximum absolute atomic E-state index is 12.7. The second-order valence-corrected chi connectivity index (χ2v) is 7.35. The molecule has 1 aliphatic heterocycles. The fraction of sp³-hybridized carbons (Fsp3) is 0.200. The molecule has 1 unspecified atom stereocenters. The zero-order valence-electron chi connectivity index (χ0n) is 10.8. The lowest BCUT2D eigenvalue weighted by molar-refractivity contribution is 0.442. The van der Waals surface area contributed by atoms with E-state index >= 15 is 0 Å². The first-order valence-electron chi connectivity index (χ1n) is 6.26. The summed E-state index contributed by atoms with van der Waals surface area (Å²) in [6.07, 6.45) is 0. The predicted molar refractivity (Wildman–Crippen MR) is 80.6 cm³/mol. The molecule has 0 aromatic heterocycles. The lowest BCUT2D eigenvalue weighted by atomic mass is 10.0. The summed E-state index contributed by atoms with van der Waals surface area (Å²) in [6.45, 7) is 2.04. The third-order valence-electron chi connectivity index (χ3n) is 3.42. The Balaban J connectivity index is 2.20. The van der Waals surface area contributed by atoms with Gasteiger partial charge in [0.15, 0.2) is 0 Å². The molecule has 3 nitrogen and oxygen atoms in total. The van der Waals surface area contributed by atoms with E-state index in [0.717, 1.165) is 10.9 Å². The lowest BCUT2D eigenvalue weighted by Crippen LogP contribution is -2.11. The molecule has 0 saturated carbocycles. The highest BCUT2D eigenvalue weighted by Gasteiger charge is 2.31. The summed E-state index contributed by atoms with van der Waals surface area (Å²) in [6, 6.07) is 12.1. The molecular weight excluding hydrogens is 340 g/mol. The van der Waals surface area contributed by atoms with Gasteiger partial charge in [-0.2, -0.15) is 0 Å². The van der Waals surface area contributed by atoms with Crippen molar-refractivity contribution in [2.75, 3.05) is 5.33 Å². The molecule has 0 radical (unpaired) electrons. The molecule has 0 saturated heterocycles. The molecule has 0 aliphatic carbocycles. The molecule has 0 bridgehead atoms. The molecule has 2 aromatic carbocycles. The van der Waals surface area contributed by atoms with Crippen LogP contribution in [0.15, 0.2) is 52.3 Å². The highest BCUT2D eigenvalue weighted by molar-refractivity contribution is 9.09. The number of ether oxygens (including phenoxy) is 1. The van der Waals surface area contributed by atoms with Crippen molar-refractivity contribution in [1.29, 1.82) is 0 Å². The molecule has 1 heterocycles. The highest BCUT2D eigenvalue weighted by atomic mass is 79.9. The summed E-state index contributed by atoms with van der Waals surface area (Å²) < 4.78 is 31.0. The minimum absolute atomic E-state index is 0.233. The number of sulfone groups is 1. The van der Waals surface area contributed by atoms with Crippen molar-refractivity contribution >= 4 is 25.8 Å². The molecule has 0 amide bonds. The van der Waals surface area contributed by atoms with Crippen molar-refractivity contribution in [1.82, 2.24) is 0 Å². The lowest BCUT2D eigenvalue weighted by Gasteiger charge is -2.21. The average Bonchev–Trinajstić information content (AvgIpc) is 2.46. The van der Waals surface area contributed by atoms with Crippen LogP contribution in [0.1, 0.15) is 18.4 Å². The smallest absolute Gasteiger partial charge is 0.213 e. The molecular formula is C15H13BrO3S. The Kier molecular flexibility index (Phi) is 3.34. The van der Waals surface area contributed by atoms with Gasteiger partial charge in [-0.05, 0) is 35.7 Å². The van der Waals surface area contributed by atoms with E-state index in [-0.39, 0.29) is 15.7 Å². The van der Waals surface area contributed by atoms with Crippen LogP contribution in [0.2, 0.25) is 0 Å². The van der Waals surface area contributed by atoms with E-state index in [4.69, 9.17) is 4.74 Å². The van der Waals surface area contributed by atoms with E-state index in [0.29, 0.717) is 11.5 Å². The number of benzene rings is 2. The zero-order chi connectivity index (χ0) is 14.3. The maximum atomic E-state index is 12.7. The molecule has 1 atom stereocenters. The summed E-state index contributed by atoms with van der Waals surface area (Å²) in [5.41, 5.74) is 0.979. The van der Waals surface area contributed by atoms with Crippen LogP contribution in [0.5, 0.6) is 11.5 Å². The molecule has 3 rings (SSSR count). The van der Waals surface area contributed by atoms with Gasteiger partial charge in [0.2, 0.25) is 9.84 Å². The fourth-order valence-corrected chi connectivity index (χ4v) is 4.12. The molecule has 2 aromatic rings. The van der Waals surface area contributed by atoms with Crippen LogP contribution in [0.3, 0.4) is 0 Å². The van der Waals surface area contributed by atoms with Crippen LogP contribution < -0.4 is 4.74 Å². The van der Waals surface area contributed by atoms with E-state index < -0.39 is 9.84 Å². The third-order valence-corrected chi connectivity index (χ3v) is 6.20. The van der Waals surface area contributed by atoms with Crippen molar-refractivity contribution in [3.8, 4) is 11.5 Å².